The molecule has 26 heavy (non-hydrogen) atoms. The second-order valence-electron chi connectivity index (χ2n) is 7.21. The van der Waals surface area contributed by atoms with E-state index < -0.39 is 0 Å². The van der Waals surface area contributed by atoms with E-state index in [2.05, 4.69) is 28.9 Å². The number of benzene rings is 1. The first-order chi connectivity index (χ1) is 12.6. The molecule has 0 bridgehead atoms. The third-order valence-corrected chi connectivity index (χ3v) is 5.19. The minimum absolute atomic E-state index is 0.241. The summed E-state index contributed by atoms with van der Waals surface area (Å²) in [5, 5.41) is 0. The van der Waals surface area contributed by atoms with Gasteiger partial charge in [0.05, 0.1) is 5.69 Å². The van der Waals surface area contributed by atoms with E-state index in [1.54, 1.807) is 12.3 Å². The first-order valence-corrected chi connectivity index (χ1v) is 9.51. The second kappa shape index (κ2) is 8.47. The van der Waals surface area contributed by atoms with Crippen LogP contribution < -0.4 is 17.2 Å². The van der Waals surface area contributed by atoms with E-state index in [1.165, 1.54) is 23.0 Å². The Morgan fingerprint density at radius 1 is 1.15 bits per heavy atom. The highest BCUT2D eigenvalue weighted by Gasteiger charge is 2.23. The zero-order valence-corrected chi connectivity index (χ0v) is 15.5. The number of aromatic nitrogens is 2. The molecule has 140 valence electrons. The molecule has 0 radical (unpaired) electrons. The van der Waals surface area contributed by atoms with Gasteiger partial charge in [0.15, 0.2) is 0 Å². The average molecular weight is 355 g/mol. The molecule has 0 atom stereocenters. The van der Waals surface area contributed by atoms with Gasteiger partial charge in [-0.1, -0.05) is 19.1 Å². The average Bonchev–Trinajstić information content (AvgIpc) is 2.63. The number of nitrogen functional groups attached to an aromatic ring is 1. The molecular formula is C20H29N5O. The van der Waals surface area contributed by atoms with E-state index in [0.29, 0.717) is 12.1 Å². The van der Waals surface area contributed by atoms with Crippen LogP contribution >= 0.6 is 0 Å². The standard InChI is InChI=1S/C20H29N5O/c1-2-12-24(17-9-5-16(21)6-10-17)14-15-3-7-18(8-4-15)25-13-11-19(22)23-20(25)26/h3-4,7-8,11,13,16-17H,2,5-6,9-10,12,14,21H2,1H3,(H2,22,23,26). The summed E-state index contributed by atoms with van der Waals surface area (Å²) in [6.45, 7) is 4.26. The van der Waals surface area contributed by atoms with Gasteiger partial charge in [-0.25, -0.2) is 4.79 Å². The first kappa shape index (κ1) is 18.6. The van der Waals surface area contributed by atoms with Gasteiger partial charge in [0.1, 0.15) is 5.82 Å². The zero-order valence-electron chi connectivity index (χ0n) is 15.5. The van der Waals surface area contributed by atoms with Crippen LogP contribution in [-0.4, -0.2) is 33.1 Å². The molecule has 0 spiro atoms. The Morgan fingerprint density at radius 3 is 2.46 bits per heavy atom. The molecule has 0 aliphatic heterocycles. The Bertz CT molecular complexity index is 763. The molecule has 6 nitrogen and oxygen atoms in total. The third kappa shape index (κ3) is 4.51. The zero-order chi connectivity index (χ0) is 18.5. The van der Waals surface area contributed by atoms with E-state index in [-0.39, 0.29) is 11.5 Å². The highest BCUT2D eigenvalue weighted by molar-refractivity contribution is 5.36. The van der Waals surface area contributed by atoms with Crippen LogP contribution in [0.25, 0.3) is 5.69 Å². The quantitative estimate of drug-likeness (QED) is 0.830. The number of hydrogen-bond acceptors (Lipinski definition) is 5. The van der Waals surface area contributed by atoms with Crippen LogP contribution in [-0.2, 0) is 6.54 Å². The third-order valence-electron chi connectivity index (χ3n) is 5.19. The number of anilines is 1. The maximum absolute atomic E-state index is 12.0. The predicted octanol–water partition coefficient (Wildman–Crippen LogP) is 2.30. The van der Waals surface area contributed by atoms with Crippen molar-refractivity contribution in [2.45, 2.75) is 57.7 Å². The number of nitrogens with zero attached hydrogens (tertiary/aromatic N) is 3. The molecular weight excluding hydrogens is 326 g/mol. The molecule has 0 unspecified atom stereocenters. The summed E-state index contributed by atoms with van der Waals surface area (Å²) >= 11 is 0. The monoisotopic (exact) mass is 355 g/mol. The van der Waals surface area contributed by atoms with E-state index in [1.807, 2.05) is 12.1 Å². The van der Waals surface area contributed by atoms with Gasteiger partial charge in [0, 0.05) is 24.8 Å². The van der Waals surface area contributed by atoms with Crippen LogP contribution in [0.2, 0.25) is 0 Å². The summed E-state index contributed by atoms with van der Waals surface area (Å²) in [6.07, 6.45) is 7.42. The highest BCUT2D eigenvalue weighted by atomic mass is 16.1. The van der Waals surface area contributed by atoms with Gasteiger partial charge in [-0.3, -0.25) is 9.47 Å². The number of hydrogen-bond donors (Lipinski definition) is 2. The number of rotatable bonds is 6. The molecule has 6 heteroatoms. The van der Waals surface area contributed by atoms with Gasteiger partial charge in [-0.15, -0.1) is 0 Å². The molecule has 4 N–H and O–H groups in total. The SMILES string of the molecule is CCCN(Cc1ccc(-n2ccc(N)nc2=O)cc1)C1CCC(N)CC1. The molecule has 1 heterocycles. The van der Waals surface area contributed by atoms with Gasteiger partial charge < -0.3 is 11.5 Å². The Hall–Kier alpha value is -2.18. The van der Waals surface area contributed by atoms with Crippen molar-refractivity contribution in [3.63, 3.8) is 0 Å². The lowest BCUT2D eigenvalue weighted by atomic mass is 9.90. The molecule has 0 saturated heterocycles. The van der Waals surface area contributed by atoms with E-state index in [4.69, 9.17) is 11.5 Å². The molecule has 1 aliphatic carbocycles. The van der Waals surface area contributed by atoms with Crippen molar-refractivity contribution in [3.05, 3.63) is 52.6 Å². The van der Waals surface area contributed by atoms with Crippen molar-refractivity contribution in [1.29, 1.82) is 0 Å². The van der Waals surface area contributed by atoms with Crippen LogP contribution in [0.5, 0.6) is 0 Å². The van der Waals surface area contributed by atoms with Crippen molar-refractivity contribution in [2.75, 3.05) is 12.3 Å². The summed E-state index contributed by atoms with van der Waals surface area (Å²) < 4.78 is 1.51. The fraction of sp³-hybridized carbons (Fsp3) is 0.500. The lowest BCUT2D eigenvalue weighted by Gasteiger charge is -2.36. The van der Waals surface area contributed by atoms with E-state index >= 15 is 0 Å². The Balaban J connectivity index is 1.71. The molecule has 1 saturated carbocycles. The summed E-state index contributed by atoms with van der Waals surface area (Å²) in [5.41, 5.74) is 13.3. The lowest BCUT2D eigenvalue weighted by molar-refractivity contribution is 0.142. The fourth-order valence-corrected chi connectivity index (χ4v) is 3.75. The maximum atomic E-state index is 12.0. The lowest BCUT2D eigenvalue weighted by Crippen LogP contribution is -2.40. The van der Waals surface area contributed by atoms with Crippen molar-refractivity contribution < 1.29 is 0 Å². The van der Waals surface area contributed by atoms with Crippen molar-refractivity contribution in [2.24, 2.45) is 5.73 Å². The van der Waals surface area contributed by atoms with Crippen LogP contribution in [0.4, 0.5) is 5.82 Å². The summed E-state index contributed by atoms with van der Waals surface area (Å²) in [5.74, 6) is 0.241. The molecule has 3 rings (SSSR count). The molecule has 0 amide bonds. The Kier molecular flexibility index (Phi) is 6.06. The van der Waals surface area contributed by atoms with Crippen LogP contribution in [0, 0.1) is 0 Å². The van der Waals surface area contributed by atoms with Crippen LogP contribution in [0.1, 0.15) is 44.6 Å². The number of nitrogens with two attached hydrogens (primary N) is 2. The van der Waals surface area contributed by atoms with Gasteiger partial charge in [-0.05, 0) is 62.4 Å². The fourth-order valence-electron chi connectivity index (χ4n) is 3.75. The first-order valence-electron chi connectivity index (χ1n) is 9.51. The largest absolute Gasteiger partial charge is 0.383 e. The summed E-state index contributed by atoms with van der Waals surface area (Å²) in [6, 6.07) is 10.8. The van der Waals surface area contributed by atoms with Crippen molar-refractivity contribution in [1.82, 2.24) is 14.5 Å². The van der Waals surface area contributed by atoms with E-state index in [9.17, 15) is 4.79 Å². The summed E-state index contributed by atoms with van der Waals surface area (Å²) in [7, 11) is 0. The van der Waals surface area contributed by atoms with Crippen LogP contribution in [0.3, 0.4) is 0 Å². The molecule has 1 aromatic carbocycles. The van der Waals surface area contributed by atoms with Gasteiger partial charge in [0.2, 0.25) is 0 Å². The smallest absolute Gasteiger partial charge is 0.354 e. The topological polar surface area (TPSA) is 90.2 Å². The highest BCUT2D eigenvalue weighted by Crippen LogP contribution is 2.24. The van der Waals surface area contributed by atoms with Crippen molar-refractivity contribution >= 4 is 5.82 Å². The van der Waals surface area contributed by atoms with Crippen molar-refractivity contribution in [3.8, 4) is 5.69 Å². The van der Waals surface area contributed by atoms with Crippen LogP contribution in [0.15, 0.2) is 41.3 Å². The molecule has 2 aromatic rings. The van der Waals surface area contributed by atoms with Gasteiger partial charge >= 0.3 is 5.69 Å². The van der Waals surface area contributed by atoms with E-state index in [0.717, 1.165) is 38.0 Å². The molecule has 1 fully saturated rings. The van der Waals surface area contributed by atoms with Gasteiger partial charge in [0.25, 0.3) is 0 Å². The molecule has 1 aromatic heterocycles. The minimum atomic E-state index is -0.357. The minimum Gasteiger partial charge on any atom is -0.383 e. The normalized spacial score (nSPS) is 20.4. The summed E-state index contributed by atoms with van der Waals surface area (Å²) in [4.78, 5) is 18.3. The molecule has 1 aliphatic rings. The maximum Gasteiger partial charge on any atom is 0.354 e. The Morgan fingerprint density at radius 2 is 1.85 bits per heavy atom. The predicted molar refractivity (Wildman–Crippen MR) is 105 cm³/mol. The van der Waals surface area contributed by atoms with Gasteiger partial charge in [-0.2, -0.15) is 4.98 Å². The Labute approximate surface area is 154 Å². The second-order valence-corrected chi connectivity index (χ2v) is 7.21.